The average Bonchev–Trinajstić information content (AvgIpc) is 3.42. The highest BCUT2D eigenvalue weighted by Gasteiger charge is 2.28. The third-order valence-corrected chi connectivity index (χ3v) is 9.29. The van der Waals surface area contributed by atoms with Crippen molar-refractivity contribution < 1.29 is 22.9 Å². The summed E-state index contributed by atoms with van der Waals surface area (Å²) in [7, 11) is -2.21. The Hall–Kier alpha value is -4.47. The first kappa shape index (κ1) is 30.6. The number of anilines is 3. The molecule has 234 valence electrons. The summed E-state index contributed by atoms with van der Waals surface area (Å²) < 4.78 is 39.3. The second-order valence-electron chi connectivity index (χ2n) is 10.1. The molecule has 0 aliphatic carbocycles. The molecule has 1 fully saturated rings. The van der Waals surface area contributed by atoms with Gasteiger partial charge in [0.15, 0.2) is 16.6 Å². The van der Waals surface area contributed by atoms with Crippen molar-refractivity contribution in [1.82, 2.24) is 24.8 Å². The van der Waals surface area contributed by atoms with Gasteiger partial charge in [0.05, 0.1) is 50.3 Å². The molecule has 4 heterocycles. The molecule has 1 aliphatic rings. The van der Waals surface area contributed by atoms with E-state index in [0.717, 1.165) is 34.2 Å². The summed E-state index contributed by atoms with van der Waals surface area (Å²) in [6.07, 6.45) is 5.34. The Bertz CT molecular complexity index is 1920. The summed E-state index contributed by atoms with van der Waals surface area (Å²) in [5.41, 5.74) is 2.34. The Morgan fingerprint density at radius 2 is 1.84 bits per heavy atom. The lowest BCUT2D eigenvalue weighted by atomic mass is 10.1. The summed E-state index contributed by atoms with van der Waals surface area (Å²) in [4.78, 5) is 23.6. The standard InChI is InChI=1S/C29H30ClN9O4S2/c1-42-23-17-22-21(16-24(23)43-15-2-8-30)25-26(36-22)33-18-34-27(25)38-11-13-39(14-12-38)29(44)35-19-4-6-20(7-5-19)45(40,41)37-28-31-9-3-10-32-28/h3-7,9-10,16-18H,2,8,11-15H2,1H3,(H,35,44)(H,31,32,37)(H,33,34,36)/p+1. The van der Waals surface area contributed by atoms with Gasteiger partial charge in [-0.3, -0.25) is 4.90 Å². The molecule has 0 saturated carbocycles. The minimum absolute atomic E-state index is 0.00640. The Balaban J connectivity index is 1.13. The van der Waals surface area contributed by atoms with E-state index >= 15 is 0 Å². The van der Waals surface area contributed by atoms with E-state index in [1.807, 2.05) is 12.1 Å². The summed E-state index contributed by atoms with van der Waals surface area (Å²) in [6, 6.07) is 11.9. The van der Waals surface area contributed by atoms with Crippen LogP contribution in [0.2, 0.25) is 0 Å². The first-order valence-corrected chi connectivity index (χ1v) is 16.6. The molecule has 0 bridgehead atoms. The van der Waals surface area contributed by atoms with Crippen LogP contribution in [0.25, 0.3) is 21.9 Å². The number of H-pyrrole nitrogens is 2. The number of piperazine rings is 1. The van der Waals surface area contributed by atoms with Crippen molar-refractivity contribution in [3.05, 3.63) is 61.2 Å². The molecule has 3 aromatic heterocycles. The molecular weight excluding hydrogens is 638 g/mol. The van der Waals surface area contributed by atoms with Gasteiger partial charge in [0.1, 0.15) is 5.39 Å². The minimum Gasteiger partial charge on any atom is -0.493 e. The van der Waals surface area contributed by atoms with Gasteiger partial charge in [0.25, 0.3) is 10.0 Å². The lowest BCUT2D eigenvalue weighted by molar-refractivity contribution is -0.367. The zero-order valence-corrected chi connectivity index (χ0v) is 26.7. The monoisotopic (exact) mass is 668 g/mol. The van der Waals surface area contributed by atoms with Crippen LogP contribution in [0.3, 0.4) is 0 Å². The molecule has 2 aromatic carbocycles. The number of benzene rings is 2. The van der Waals surface area contributed by atoms with Crippen molar-refractivity contribution in [3.8, 4) is 11.5 Å². The number of methoxy groups -OCH3 is 1. The predicted octanol–water partition coefficient (Wildman–Crippen LogP) is 3.66. The quantitative estimate of drug-likeness (QED) is 0.114. The number of hydrogen-bond acceptors (Lipinski definition) is 9. The summed E-state index contributed by atoms with van der Waals surface area (Å²) >= 11 is 11.5. The number of halogens is 1. The van der Waals surface area contributed by atoms with Crippen molar-refractivity contribution in [1.29, 1.82) is 0 Å². The molecule has 13 nitrogen and oxygen atoms in total. The van der Waals surface area contributed by atoms with Gasteiger partial charge < -0.3 is 24.7 Å². The Morgan fingerprint density at radius 1 is 1.09 bits per heavy atom. The molecule has 45 heavy (non-hydrogen) atoms. The van der Waals surface area contributed by atoms with Crippen LogP contribution in [0.1, 0.15) is 6.42 Å². The Labute approximate surface area is 270 Å². The number of aromatic amines is 2. The number of nitrogens with one attached hydrogen (secondary N) is 4. The molecule has 0 unspecified atom stereocenters. The second-order valence-corrected chi connectivity index (χ2v) is 12.6. The van der Waals surface area contributed by atoms with E-state index < -0.39 is 10.0 Å². The number of nitrogens with zero attached hydrogens (tertiary/aromatic N) is 5. The number of rotatable bonds is 10. The highest BCUT2D eigenvalue weighted by molar-refractivity contribution is 7.92. The van der Waals surface area contributed by atoms with E-state index in [1.165, 1.54) is 24.5 Å². The Kier molecular flexibility index (Phi) is 9.00. The number of alkyl halides is 1. The van der Waals surface area contributed by atoms with Gasteiger partial charge in [-0.1, -0.05) is 4.98 Å². The zero-order chi connectivity index (χ0) is 31.4. The fourth-order valence-electron chi connectivity index (χ4n) is 5.10. The largest absolute Gasteiger partial charge is 0.493 e. The molecular formula is C29H31ClN9O4S2+. The fourth-order valence-corrected chi connectivity index (χ4v) is 6.46. The number of sulfonamides is 1. The summed E-state index contributed by atoms with van der Waals surface area (Å²) in [5.74, 6) is 2.77. The second kappa shape index (κ2) is 13.3. The molecule has 4 N–H and O–H groups in total. The van der Waals surface area contributed by atoms with Crippen molar-refractivity contribution in [3.63, 3.8) is 0 Å². The van der Waals surface area contributed by atoms with E-state index in [9.17, 15) is 8.42 Å². The van der Waals surface area contributed by atoms with Gasteiger partial charge >= 0.3 is 0 Å². The summed E-state index contributed by atoms with van der Waals surface area (Å²) in [5, 5.41) is 5.72. The maximum atomic E-state index is 12.7. The minimum atomic E-state index is -3.83. The van der Waals surface area contributed by atoms with Gasteiger partial charge in [-0.15, -0.1) is 11.6 Å². The molecule has 5 aromatic rings. The van der Waals surface area contributed by atoms with Crippen LogP contribution in [-0.2, 0) is 10.0 Å². The zero-order valence-electron chi connectivity index (χ0n) is 24.3. The summed E-state index contributed by atoms with van der Waals surface area (Å²) in [6.45, 7) is 3.28. The normalized spacial score (nSPS) is 13.6. The highest BCUT2D eigenvalue weighted by Crippen LogP contribution is 2.38. The van der Waals surface area contributed by atoms with Crippen LogP contribution in [0.4, 0.5) is 17.5 Å². The average molecular weight is 669 g/mol. The number of ether oxygens (including phenoxy) is 2. The fraction of sp³-hybridized carbons (Fsp3) is 0.276. The van der Waals surface area contributed by atoms with Gasteiger partial charge in [0.2, 0.25) is 23.7 Å². The number of thiocarbonyl (C=S) groups is 1. The Morgan fingerprint density at radius 3 is 2.56 bits per heavy atom. The number of hydrogen-bond donors (Lipinski definition) is 3. The molecule has 6 rings (SSSR count). The smallest absolute Gasteiger partial charge is 0.264 e. The van der Waals surface area contributed by atoms with E-state index in [2.05, 4.69) is 44.8 Å². The van der Waals surface area contributed by atoms with Crippen LogP contribution in [0, 0.1) is 0 Å². The predicted molar refractivity (Wildman–Crippen MR) is 177 cm³/mol. The molecule has 1 saturated heterocycles. The van der Waals surface area contributed by atoms with Crippen LogP contribution < -0.4 is 29.4 Å². The van der Waals surface area contributed by atoms with Gasteiger partial charge in [0, 0.05) is 35.4 Å². The van der Waals surface area contributed by atoms with E-state index in [1.54, 1.807) is 31.6 Å². The highest BCUT2D eigenvalue weighted by atomic mass is 35.5. The van der Waals surface area contributed by atoms with Crippen molar-refractivity contribution in [2.45, 2.75) is 11.3 Å². The first-order valence-electron chi connectivity index (χ1n) is 14.2. The topological polar surface area (TPSA) is 152 Å². The maximum absolute atomic E-state index is 12.7. The maximum Gasteiger partial charge on any atom is 0.264 e. The van der Waals surface area contributed by atoms with Crippen LogP contribution in [-0.4, -0.2) is 84.1 Å². The van der Waals surface area contributed by atoms with Gasteiger partial charge in [-0.05, 0) is 55.0 Å². The van der Waals surface area contributed by atoms with Crippen LogP contribution in [0.15, 0.2) is 66.1 Å². The third-order valence-electron chi connectivity index (χ3n) is 7.32. The molecule has 16 heteroatoms. The molecule has 0 atom stereocenters. The lowest BCUT2D eigenvalue weighted by Crippen LogP contribution is -2.51. The van der Waals surface area contributed by atoms with E-state index in [0.29, 0.717) is 61.0 Å². The third kappa shape index (κ3) is 6.65. The molecule has 0 amide bonds. The van der Waals surface area contributed by atoms with E-state index in [-0.39, 0.29) is 10.8 Å². The van der Waals surface area contributed by atoms with Crippen molar-refractivity contribution in [2.24, 2.45) is 0 Å². The molecule has 0 radical (unpaired) electrons. The van der Waals surface area contributed by atoms with Gasteiger partial charge in [-0.2, -0.15) is 0 Å². The number of fused-ring (bicyclic) bond motifs is 3. The number of aromatic nitrogens is 5. The van der Waals surface area contributed by atoms with Crippen molar-refractivity contribution >= 4 is 78.3 Å². The molecule has 1 aliphatic heterocycles. The van der Waals surface area contributed by atoms with Gasteiger partial charge in [-0.25, -0.2) is 28.1 Å². The molecule has 0 spiro atoms. The SMILES string of the molecule is COc1cc2[nH]c3nc[nH+]c(N4CCN(C(=S)Nc5ccc(S(=O)(=O)Nc6ncccn6)cc5)CC4)c3c2cc1OCCCCl. The first-order chi connectivity index (χ1) is 21.9. The van der Waals surface area contributed by atoms with Crippen molar-refractivity contribution in [2.75, 3.05) is 60.7 Å². The van der Waals surface area contributed by atoms with E-state index in [4.69, 9.17) is 33.3 Å². The lowest BCUT2D eigenvalue weighted by Gasteiger charge is -2.34. The van der Waals surface area contributed by atoms with Crippen LogP contribution in [0.5, 0.6) is 11.5 Å². The van der Waals surface area contributed by atoms with Crippen LogP contribution >= 0.6 is 23.8 Å².